The van der Waals surface area contributed by atoms with Crippen molar-refractivity contribution in [2.75, 3.05) is 45.8 Å². The summed E-state index contributed by atoms with van der Waals surface area (Å²) in [6.45, 7) is 13.2. The smallest absolute Gasteiger partial charge is 0.253 e. The first-order valence-electron chi connectivity index (χ1n) is 10.2. The number of hydrogen-bond acceptors (Lipinski definition) is 4. The third-order valence-electron chi connectivity index (χ3n) is 5.22. The van der Waals surface area contributed by atoms with E-state index in [1.165, 1.54) is 0 Å². The number of nitrogens with one attached hydrogen (secondary N) is 2. The van der Waals surface area contributed by atoms with Gasteiger partial charge in [-0.3, -0.25) is 9.59 Å². The van der Waals surface area contributed by atoms with E-state index < -0.39 is 6.04 Å². The van der Waals surface area contributed by atoms with E-state index in [4.69, 9.17) is 11.6 Å². The molecule has 0 spiro atoms. The largest absolute Gasteiger partial charge is 0.354 e. The molecule has 0 radical (unpaired) electrons. The number of nitrogens with zero attached hydrogens (tertiary/aromatic N) is 2. The summed E-state index contributed by atoms with van der Waals surface area (Å²) < 4.78 is 0. The van der Waals surface area contributed by atoms with Gasteiger partial charge in [0.05, 0.1) is 10.6 Å². The van der Waals surface area contributed by atoms with E-state index in [0.29, 0.717) is 17.1 Å². The Hall–Kier alpha value is -1.63. The van der Waals surface area contributed by atoms with Crippen molar-refractivity contribution in [1.29, 1.82) is 0 Å². The van der Waals surface area contributed by atoms with E-state index in [-0.39, 0.29) is 17.7 Å². The van der Waals surface area contributed by atoms with Crippen LogP contribution in [0.4, 0.5) is 0 Å². The molecule has 2 rings (SSSR count). The SMILES string of the molecule is CCN1CCN(CCCNC(=O)[C@@H](NC(=O)c2ccccc2Cl)C(C)C)CC1. The average molecular weight is 409 g/mol. The molecular formula is C21H33ClN4O2. The molecule has 1 fully saturated rings. The molecule has 1 atom stereocenters. The lowest BCUT2D eigenvalue weighted by atomic mass is 10.0. The first-order valence-corrected chi connectivity index (χ1v) is 10.6. The maximum absolute atomic E-state index is 12.6. The van der Waals surface area contributed by atoms with Crippen LogP contribution in [0.25, 0.3) is 0 Å². The van der Waals surface area contributed by atoms with Crippen LogP contribution in [0.15, 0.2) is 24.3 Å². The number of hydrogen-bond donors (Lipinski definition) is 2. The zero-order valence-corrected chi connectivity index (χ0v) is 18.0. The molecule has 2 N–H and O–H groups in total. The monoisotopic (exact) mass is 408 g/mol. The van der Waals surface area contributed by atoms with Crippen LogP contribution in [0.1, 0.15) is 37.6 Å². The summed E-state index contributed by atoms with van der Waals surface area (Å²) in [5.41, 5.74) is 0.383. The van der Waals surface area contributed by atoms with Gasteiger partial charge in [-0.2, -0.15) is 0 Å². The lowest BCUT2D eigenvalue weighted by molar-refractivity contribution is -0.123. The normalized spacial score (nSPS) is 16.8. The van der Waals surface area contributed by atoms with Crippen molar-refractivity contribution in [2.45, 2.75) is 33.2 Å². The van der Waals surface area contributed by atoms with Crippen LogP contribution in [-0.4, -0.2) is 73.5 Å². The fourth-order valence-corrected chi connectivity index (χ4v) is 3.57. The van der Waals surface area contributed by atoms with Crippen LogP contribution in [0.2, 0.25) is 5.02 Å². The van der Waals surface area contributed by atoms with Gasteiger partial charge < -0.3 is 20.4 Å². The molecule has 2 amide bonds. The van der Waals surface area contributed by atoms with E-state index >= 15 is 0 Å². The van der Waals surface area contributed by atoms with Crippen molar-refractivity contribution >= 4 is 23.4 Å². The van der Waals surface area contributed by atoms with Crippen LogP contribution < -0.4 is 10.6 Å². The second kappa shape index (κ2) is 11.4. The molecule has 156 valence electrons. The van der Waals surface area contributed by atoms with Crippen LogP contribution in [-0.2, 0) is 4.79 Å². The van der Waals surface area contributed by atoms with Gasteiger partial charge in [-0.25, -0.2) is 0 Å². The van der Waals surface area contributed by atoms with Crippen LogP contribution in [0, 0.1) is 5.92 Å². The zero-order valence-electron chi connectivity index (χ0n) is 17.2. The summed E-state index contributed by atoms with van der Waals surface area (Å²) >= 11 is 6.09. The molecule has 0 aliphatic carbocycles. The Morgan fingerprint density at radius 3 is 2.36 bits per heavy atom. The Balaban J connectivity index is 1.76. The van der Waals surface area contributed by atoms with Crippen LogP contribution >= 0.6 is 11.6 Å². The van der Waals surface area contributed by atoms with E-state index in [0.717, 1.165) is 45.7 Å². The standard InChI is InChI=1S/C21H33ClN4O2/c1-4-25-12-14-26(15-13-25)11-7-10-23-21(28)19(16(2)3)24-20(27)17-8-5-6-9-18(17)22/h5-6,8-9,16,19H,4,7,10-15H2,1-3H3,(H,23,28)(H,24,27)/t19-/m0/s1. The zero-order chi connectivity index (χ0) is 20.5. The van der Waals surface area contributed by atoms with Gasteiger partial charge >= 0.3 is 0 Å². The molecule has 28 heavy (non-hydrogen) atoms. The van der Waals surface area contributed by atoms with E-state index in [2.05, 4.69) is 27.4 Å². The van der Waals surface area contributed by atoms with Crippen LogP contribution in [0.5, 0.6) is 0 Å². The fraction of sp³-hybridized carbons (Fsp3) is 0.619. The lowest BCUT2D eigenvalue weighted by Gasteiger charge is -2.34. The molecule has 0 bridgehead atoms. The molecule has 1 aliphatic rings. The highest BCUT2D eigenvalue weighted by atomic mass is 35.5. The molecule has 0 unspecified atom stereocenters. The van der Waals surface area contributed by atoms with Crippen molar-refractivity contribution in [3.8, 4) is 0 Å². The minimum atomic E-state index is -0.586. The Morgan fingerprint density at radius 1 is 1.11 bits per heavy atom. The number of rotatable bonds is 9. The molecule has 1 aromatic carbocycles. The van der Waals surface area contributed by atoms with E-state index in [1.54, 1.807) is 24.3 Å². The van der Waals surface area contributed by atoms with Crippen molar-refractivity contribution in [3.05, 3.63) is 34.9 Å². The Bertz CT molecular complexity index is 645. The van der Waals surface area contributed by atoms with Crippen molar-refractivity contribution in [1.82, 2.24) is 20.4 Å². The number of halogens is 1. The number of carbonyl (C=O) groups excluding carboxylic acids is 2. The van der Waals surface area contributed by atoms with Gasteiger partial charge in [0.1, 0.15) is 6.04 Å². The van der Waals surface area contributed by atoms with Gasteiger partial charge in [-0.05, 0) is 37.6 Å². The third-order valence-corrected chi connectivity index (χ3v) is 5.55. The Labute approximate surface area is 173 Å². The second-order valence-electron chi connectivity index (χ2n) is 7.60. The highest BCUT2D eigenvalue weighted by molar-refractivity contribution is 6.33. The van der Waals surface area contributed by atoms with Gasteiger partial charge in [0, 0.05) is 32.7 Å². The highest BCUT2D eigenvalue weighted by Crippen LogP contribution is 2.15. The molecule has 1 heterocycles. The molecule has 1 saturated heterocycles. The Kier molecular flexibility index (Phi) is 9.22. The first-order chi connectivity index (χ1) is 13.4. The van der Waals surface area contributed by atoms with E-state index in [9.17, 15) is 9.59 Å². The predicted molar refractivity (Wildman–Crippen MR) is 114 cm³/mol. The molecule has 6 nitrogen and oxygen atoms in total. The minimum absolute atomic E-state index is 0.0199. The van der Waals surface area contributed by atoms with Crippen molar-refractivity contribution in [3.63, 3.8) is 0 Å². The number of amides is 2. The van der Waals surface area contributed by atoms with Gasteiger partial charge in [-0.1, -0.05) is 44.5 Å². The number of piperazine rings is 1. The summed E-state index contributed by atoms with van der Waals surface area (Å²) in [7, 11) is 0. The average Bonchev–Trinajstić information content (AvgIpc) is 2.69. The first kappa shape index (κ1) is 22.7. The molecule has 1 aromatic rings. The van der Waals surface area contributed by atoms with Crippen molar-refractivity contribution < 1.29 is 9.59 Å². The lowest BCUT2D eigenvalue weighted by Crippen LogP contribution is -2.50. The molecule has 0 saturated carbocycles. The molecule has 1 aliphatic heterocycles. The summed E-state index contributed by atoms with van der Waals surface area (Å²) in [5, 5.41) is 6.18. The summed E-state index contributed by atoms with van der Waals surface area (Å²) in [4.78, 5) is 30.0. The van der Waals surface area contributed by atoms with Crippen LogP contribution in [0.3, 0.4) is 0 Å². The third kappa shape index (κ3) is 6.76. The molecule has 7 heteroatoms. The van der Waals surface area contributed by atoms with Gasteiger partial charge in [0.2, 0.25) is 5.91 Å². The number of likely N-dealkylation sites (N-methyl/N-ethyl adjacent to an activating group) is 1. The van der Waals surface area contributed by atoms with Gasteiger partial charge in [-0.15, -0.1) is 0 Å². The maximum atomic E-state index is 12.6. The Morgan fingerprint density at radius 2 is 1.75 bits per heavy atom. The topological polar surface area (TPSA) is 64.7 Å². The quantitative estimate of drug-likeness (QED) is 0.615. The highest BCUT2D eigenvalue weighted by Gasteiger charge is 2.25. The molecular weight excluding hydrogens is 376 g/mol. The van der Waals surface area contributed by atoms with Gasteiger partial charge in [0.15, 0.2) is 0 Å². The van der Waals surface area contributed by atoms with Gasteiger partial charge in [0.25, 0.3) is 5.91 Å². The summed E-state index contributed by atoms with van der Waals surface area (Å²) in [6, 6.07) is 6.27. The minimum Gasteiger partial charge on any atom is -0.354 e. The number of benzene rings is 1. The van der Waals surface area contributed by atoms with E-state index in [1.807, 2.05) is 13.8 Å². The maximum Gasteiger partial charge on any atom is 0.253 e. The predicted octanol–water partition coefficient (Wildman–Crippen LogP) is 2.24. The van der Waals surface area contributed by atoms with Crippen molar-refractivity contribution in [2.24, 2.45) is 5.92 Å². The fourth-order valence-electron chi connectivity index (χ4n) is 3.35. The number of carbonyl (C=O) groups is 2. The molecule has 0 aromatic heterocycles. The summed E-state index contributed by atoms with van der Waals surface area (Å²) in [6.07, 6.45) is 0.904. The second-order valence-corrected chi connectivity index (χ2v) is 8.00. The summed E-state index contributed by atoms with van der Waals surface area (Å²) in [5.74, 6) is -0.493.